The number of benzene rings is 3. The maximum Gasteiger partial charge on any atom is 0.262 e. The van der Waals surface area contributed by atoms with Gasteiger partial charge in [0.1, 0.15) is 18.1 Å². The third-order valence-corrected chi connectivity index (χ3v) is 6.08. The highest BCUT2D eigenvalue weighted by atomic mass is 32.2. The molecule has 3 aromatic rings. The van der Waals surface area contributed by atoms with Crippen molar-refractivity contribution in [2.75, 3.05) is 29.9 Å². The fraction of sp³-hybridized carbons (Fsp3) is 0.136. The van der Waals surface area contributed by atoms with E-state index in [0.29, 0.717) is 36.0 Å². The number of rotatable bonds is 5. The van der Waals surface area contributed by atoms with Crippen LogP contribution in [0.2, 0.25) is 0 Å². The van der Waals surface area contributed by atoms with E-state index in [4.69, 9.17) is 9.47 Å². The summed E-state index contributed by atoms with van der Waals surface area (Å²) in [6.45, 7) is 0.752. The lowest BCUT2D eigenvalue weighted by molar-refractivity contribution is 0.0976. The van der Waals surface area contributed by atoms with Crippen LogP contribution in [0.25, 0.3) is 0 Å². The van der Waals surface area contributed by atoms with Crippen molar-refractivity contribution in [1.29, 1.82) is 0 Å². The van der Waals surface area contributed by atoms with Crippen molar-refractivity contribution in [2.24, 2.45) is 0 Å². The van der Waals surface area contributed by atoms with Gasteiger partial charge in [-0.1, -0.05) is 30.3 Å². The average Bonchev–Trinajstić information content (AvgIpc) is 2.78. The van der Waals surface area contributed by atoms with Crippen molar-refractivity contribution in [3.63, 3.8) is 0 Å². The smallest absolute Gasteiger partial charge is 0.262 e. The molecule has 30 heavy (non-hydrogen) atoms. The van der Waals surface area contributed by atoms with Gasteiger partial charge < -0.3 is 14.4 Å². The van der Waals surface area contributed by atoms with Gasteiger partial charge in [0.25, 0.3) is 15.9 Å². The predicted octanol–water partition coefficient (Wildman–Crippen LogP) is 3.54. The number of anilines is 2. The van der Waals surface area contributed by atoms with E-state index in [9.17, 15) is 13.2 Å². The number of carbonyl (C=O) groups is 1. The molecule has 154 valence electrons. The second-order valence-corrected chi connectivity index (χ2v) is 8.29. The molecule has 0 saturated carbocycles. The van der Waals surface area contributed by atoms with Crippen molar-refractivity contribution in [3.8, 4) is 11.5 Å². The number of hydrogen-bond donors (Lipinski definition) is 1. The number of methoxy groups -OCH3 is 1. The Morgan fingerprint density at radius 2 is 1.80 bits per heavy atom. The van der Waals surface area contributed by atoms with E-state index >= 15 is 0 Å². The predicted molar refractivity (Wildman–Crippen MR) is 114 cm³/mol. The molecule has 1 N–H and O–H groups in total. The van der Waals surface area contributed by atoms with Crippen LogP contribution < -0.4 is 19.1 Å². The number of ether oxygens (including phenoxy) is 2. The van der Waals surface area contributed by atoms with Crippen LogP contribution in [0.5, 0.6) is 11.5 Å². The largest absolute Gasteiger partial charge is 0.495 e. The van der Waals surface area contributed by atoms with Gasteiger partial charge in [0.2, 0.25) is 0 Å². The second-order valence-electron chi connectivity index (χ2n) is 6.61. The highest BCUT2D eigenvalue weighted by Crippen LogP contribution is 2.32. The van der Waals surface area contributed by atoms with Crippen LogP contribution in [0.1, 0.15) is 10.4 Å². The Balaban J connectivity index is 1.64. The van der Waals surface area contributed by atoms with E-state index in [1.807, 2.05) is 12.1 Å². The zero-order valence-corrected chi connectivity index (χ0v) is 17.1. The molecular weight excluding hydrogens is 404 g/mol. The van der Waals surface area contributed by atoms with Gasteiger partial charge in [-0.15, -0.1) is 0 Å². The van der Waals surface area contributed by atoms with Crippen molar-refractivity contribution in [2.45, 2.75) is 4.90 Å². The number of nitrogens with one attached hydrogen (secondary N) is 1. The maximum atomic E-state index is 13.1. The summed E-state index contributed by atoms with van der Waals surface area (Å²) in [5, 5.41) is 0. The first-order valence-electron chi connectivity index (χ1n) is 9.29. The van der Waals surface area contributed by atoms with Gasteiger partial charge in [-0.25, -0.2) is 8.42 Å². The van der Waals surface area contributed by atoms with Crippen LogP contribution in [-0.4, -0.2) is 34.6 Å². The molecule has 4 rings (SSSR count). The molecule has 0 radical (unpaired) electrons. The number of amides is 1. The van der Waals surface area contributed by atoms with Gasteiger partial charge in [-0.2, -0.15) is 0 Å². The first kappa shape index (κ1) is 19.8. The molecule has 0 bridgehead atoms. The number of nitrogens with zero attached hydrogens (tertiary/aromatic N) is 1. The lowest BCUT2D eigenvalue weighted by Crippen LogP contribution is -2.38. The molecule has 3 aromatic carbocycles. The second kappa shape index (κ2) is 8.08. The minimum Gasteiger partial charge on any atom is -0.495 e. The Bertz CT molecular complexity index is 1190. The first-order valence-corrected chi connectivity index (χ1v) is 10.8. The summed E-state index contributed by atoms with van der Waals surface area (Å²) >= 11 is 0. The van der Waals surface area contributed by atoms with Crippen LogP contribution >= 0.6 is 0 Å². The summed E-state index contributed by atoms with van der Waals surface area (Å²) in [5.74, 6) is 0.733. The van der Waals surface area contributed by atoms with Crippen molar-refractivity contribution in [1.82, 2.24) is 0 Å². The monoisotopic (exact) mass is 424 g/mol. The molecule has 1 amide bonds. The standard InChI is InChI=1S/C22H20N2O5S/c1-28-20-11-4-2-9-18(20)23-30(26,27)17-8-6-7-16(15-17)22(25)24-13-14-29-21-12-5-3-10-19(21)24/h2-12,15,23H,13-14H2,1H3. The molecular formula is C22H20N2O5S. The van der Waals surface area contributed by atoms with Gasteiger partial charge in [-0.05, 0) is 42.5 Å². The maximum absolute atomic E-state index is 13.1. The van der Waals surface area contributed by atoms with Gasteiger partial charge in [0.15, 0.2) is 0 Å². The van der Waals surface area contributed by atoms with Crippen molar-refractivity contribution < 1.29 is 22.7 Å². The molecule has 7 nitrogen and oxygen atoms in total. The summed E-state index contributed by atoms with van der Waals surface area (Å²) in [6, 6.07) is 20.0. The number of hydrogen-bond acceptors (Lipinski definition) is 5. The lowest BCUT2D eigenvalue weighted by atomic mass is 10.1. The number of para-hydroxylation sites is 4. The van der Waals surface area contributed by atoms with Gasteiger partial charge in [-0.3, -0.25) is 9.52 Å². The highest BCUT2D eigenvalue weighted by Gasteiger charge is 2.25. The topological polar surface area (TPSA) is 84.9 Å². The molecule has 1 aliphatic heterocycles. The quantitative estimate of drug-likeness (QED) is 0.677. The molecule has 0 atom stereocenters. The molecule has 1 aliphatic rings. The van der Waals surface area contributed by atoms with E-state index in [2.05, 4.69) is 4.72 Å². The minimum atomic E-state index is -3.92. The number of fused-ring (bicyclic) bond motifs is 1. The zero-order chi connectivity index (χ0) is 21.1. The molecule has 0 aromatic heterocycles. The van der Waals surface area contributed by atoms with E-state index in [1.165, 1.54) is 19.2 Å². The van der Waals surface area contributed by atoms with Gasteiger partial charge in [0.05, 0.1) is 29.9 Å². The number of sulfonamides is 1. The fourth-order valence-electron chi connectivity index (χ4n) is 3.27. The van der Waals surface area contributed by atoms with Crippen molar-refractivity contribution >= 4 is 27.3 Å². The summed E-state index contributed by atoms with van der Waals surface area (Å²) < 4.78 is 39.1. The molecule has 0 fully saturated rings. The van der Waals surface area contributed by atoms with E-state index in [1.54, 1.807) is 53.4 Å². The third-order valence-electron chi connectivity index (χ3n) is 4.72. The third kappa shape index (κ3) is 3.81. The Morgan fingerprint density at radius 3 is 2.63 bits per heavy atom. The Kier molecular flexibility index (Phi) is 5.33. The Labute approximate surface area is 174 Å². The minimum absolute atomic E-state index is 0.0131. The zero-order valence-electron chi connectivity index (χ0n) is 16.2. The lowest BCUT2D eigenvalue weighted by Gasteiger charge is -2.29. The van der Waals surface area contributed by atoms with Crippen LogP contribution in [0.15, 0.2) is 77.7 Å². The van der Waals surface area contributed by atoms with Crippen LogP contribution in [0, 0.1) is 0 Å². The van der Waals surface area contributed by atoms with Gasteiger partial charge in [0, 0.05) is 5.56 Å². The van der Waals surface area contributed by atoms with Gasteiger partial charge >= 0.3 is 0 Å². The van der Waals surface area contributed by atoms with Crippen LogP contribution in [0.4, 0.5) is 11.4 Å². The van der Waals surface area contributed by atoms with Crippen LogP contribution in [0.3, 0.4) is 0 Å². The molecule has 0 spiro atoms. The summed E-state index contributed by atoms with van der Waals surface area (Å²) in [6.07, 6.45) is 0. The summed E-state index contributed by atoms with van der Waals surface area (Å²) in [7, 11) is -2.45. The van der Waals surface area contributed by atoms with E-state index in [-0.39, 0.29) is 16.4 Å². The number of carbonyl (C=O) groups excluding carboxylic acids is 1. The fourth-order valence-corrected chi connectivity index (χ4v) is 4.38. The first-order chi connectivity index (χ1) is 14.5. The van der Waals surface area contributed by atoms with Crippen LogP contribution in [-0.2, 0) is 10.0 Å². The highest BCUT2D eigenvalue weighted by molar-refractivity contribution is 7.92. The molecule has 0 unspecified atom stereocenters. The SMILES string of the molecule is COc1ccccc1NS(=O)(=O)c1cccc(C(=O)N2CCOc3ccccc32)c1. The molecule has 0 saturated heterocycles. The normalized spacial score (nSPS) is 13.2. The Morgan fingerprint density at radius 1 is 1.03 bits per heavy atom. The van der Waals surface area contributed by atoms with E-state index in [0.717, 1.165) is 0 Å². The summed E-state index contributed by atoms with van der Waals surface area (Å²) in [4.78, 5) is 14.7. The van der Waals surface area contributed by atoms with Crippen molar-refractivity contribution in [3.05, 3.63) is 78.4 Å². The molecule has 8 heteroatoms. The van der Waals surface area contributed by atoms with E-state index < -0.39 is 10.0 Å². The molecule has 0 aliphatic carbocycles. The average molecular weight is 424 g/mol. The molecule has 1 heterocycles. The Hall–Kier alpha value is -3.52. The summed E-state index contributed by atoms with van der Waals surface area (Å²) in [5.41, 5.74) is 1.25.